The number of likely N-dealkylation sites (N-methyl/N-ethyl adjacent to an activating group) is 1. The van der Waals surface area contributed by atoms with Crippen LogP contribution < -0.4 is 16.4 Å². The summed E-state index contributed by atoms with van der Waals surface area (Å²) >= 11 is 0. The zero-order chi connectivity index (χ0) is 16.7. The molecule has 22 heavy (non-hydrogen) atoms. The largest absolute Gasteiger partial charge is 0.370 e. The first kappa shape index (κ1) is 17.9. The molecule has 1 rings (SSSR count). The number of amides is 4. The lowest BCUT2D eigenvalue weighted by Crippen LogP contribution is -2.46. The highest BCUT2D eigenvalue weighted by atomic mass is 16.2. The van der Waals surface area contributed by atoms with Gasteiger partial charge in [-0.15, -0.1) is 0 Å². The van der Waals surface area contributed by atoms with E-state index in [0.29, 0.717) is 25.9 Å². The zero-order valence-electron chi connectivity index (χ0n) is 13.1. The van der Waals surface area contributed by atoms with Gasteiger partial charge in [0.2, 0.25) is 23.6 Å². The highest BCUT2D eigenvalue weighted by Gasteiger charge is 2.36. The first-order valence-electron chi connectivity index (χ1n) is 7.45. The van der Waals surface area contributed by atoms with Crippen molar-refractivity contribution in [2.45, 2.75) is 38.6 Å². The third-order valence-electron chi connectivity index (χ3n) is 3.74. The second-order valence-corrected chi connectivity index (χ2v) is 5.42. The summed E-state index contributed by atoms with van der Waals surface area (Å²) in [5, 5.41) is 5.25. The topological polar surface area (TPSA) is 122 Å². The number of carbonyl (C=O) groups is 4. The van der Waals surface area contributed by atoms with Crippen molar-refractivity contribution in [1.29, 1.82) is 0 Å². The van der Waals surface area contributed by atoms with Gasteiger partial charge in [0.15, 0.2) is 0 Å². The average Bonchev–Trinajstić information content (AvgIpc) is 2.84. The van der Waals surface area contributed by atoms with E-state index in [0.717, 1.165) is 0 Å². The van der Waals surface area contributed by atoms with E-state index in [1.54, 1.807) is 11.9 Å². The number of rotatable bonds is 8. The fourth-order valence-corrected chi connectivity index (χ4v) is 2.54. The van der Waals surface area contributed by atoms with Crippen LogP contribution in [-0.4, -0.2) is 54.7 Å². The van der Waals surface area contributed by atoms with Gasteiger partial charge in [0.05, 0.1) is 0 Å². The highest BCUT2D eigenvalue weighted by Crippen LogP contribution is 2.21. The van der Waals surface area contributed by atoms with Gasteiger partial charge in [-0.25, -0.2) is 0 Å². The van der Waals surface area contributed by atoms with Gasteiger partial charge in [-0.3, -0.25) is 19.2 Å². The second-order valence-electron chi connectivity index (χ2n) is 5.42. The Morgan fingerprint density at radius 3 is 2.59 bits per heavy atom. The van der Waals surface area contributed by atoms with Crippen LogP contribution in [0, 0.1) is 5.92 Å². The van der Waals surface area contributed by atoms with E-state index in [1.165, 1.54) is 0 Å². The molecule has 0 aromatic heterocycles. The second kappa shape index (κ2) is 8.35. The Kier molecular flexibility index (Phi) is 6.81. The van der Waals surface area contributed by atoms with Crippen LogP contribution in [-0.2, 0) is 19.2 Å². The van der Waals surface area contributed by atoms with Crippen molar-refractivity contribution in [2.24, 2.45) is 11.7 Å². The van der Waals surface area contributed by atoms with Crippen LogP contribution in [0.3, 0.4) is 0 Å². The lowest BCUT2D eigenvalue weighted by molar-refractivity contribution is -0.137. The molecule has 1 aliphatic heterocycles. The molecule has 0 aliphatic carbocycles. The molecule has 0 saturated carbocycles. The number of primary amides is 1. The van der Waals surface area contributed by atoms with E-state index in [4.69, 9.17) is 5.73 Å². The van der Waals surface area contributed by atoms with Gasteiger partial charge < -0.3 is 21.3 Å². The van der Waals surface area contributed by atoms with Crippen molar-refractivity contribution in [3.05, 3.63) is 0 Å². The standard InChI is InChI=1S/C14H24N4O4/c1-3-10(14(22)16-2)18-8-9(6-13(18)21)7-17-12(20)5-4-11(15)19/h9-10H,3-8H2,1-2H3,(H2,15,19)(H,16,22)(H,17,20)/t9?,10-/m0/s1. The maximum Gasteiger partial charge on any atom is 0.242 e. The van der Waals surface area contributed by atoms with E-state index in [9.17, 15) is 19.2 Å². The molecule has 0 aromatic carbocycles. The van der Waals surface area contributed by atoms with Crippen LogP contribution in [0.5, 0.6) is 0 Å². The van der Waals surface area contributed by atoms with Gasteiger partial charge in [0.1, 0.15) is 6.04 Å². The summed E-state index contributed by atoms with van der Waals surface area (Å²) in [5.74, 6) is -1.06. The first-order chi connectivity index (χ1) is 10.4. The summed E-state index contributed by atoms with van der Waals surface area (Å²) in [6.45, 7) is 2.65. The summed E-state index contributed by atoms with van der Waals surface area (Å²) in [6.07, 6.45) is 0.915. The molecule has 0 spiro atoms. The number of carbonyl (C=O) groups excluding carboxylic acids is 4. The Balaban J connectivity index is 2.46. The molecule has 4 N–H and O–H groups in total. The summed E-state index contributed by atoms with van der Waals surface area (Å²) in [4.78, 5) is 47.5. The molecule has 1 aliphatic rings. The fraction of sp³-hybridized carbons (Fsp3) is 0.714. The van der Waals surface area contributed by atoms with E-state index in [2.05, 4.69) is 10.6 Å². The molecule has 0 radical (unpaired) electrons. The van der Waals surface area contributed by atoms with Crippen molar-refractivity contribution in [3.8, 4) is 0 Å². The normalized spacial score (nSPS) is 18.9. The third-order valence-corrected chi connectivity index (χ3v) is 3.74. The molecular weight excluding hydrogens is 288 g/mol. The van der Waals surface area contributed by atoms with Gasteiger partial charge >= 0.3 is 0 Å². The monoisotopic (exact) mass is 312 g/mol. The molecular formula is C14H24N4O4. The van der Waals surface area contributed by atoms with Gasteiger partial charge in [-0.2, -0.15) is 0 Å². The summed E-state index contributed by atoms with van der Waals surface area (Å²) in [7, 11) is 1.54. The minimum absolute atomic E-state index is 0.0101. The molecule has 0 aromatic rings. The molecule has 1 saturated heterocycles. The van der Waals surface area contributed by atoms with Gasteiger partial charge in [-0.05, 0) is 6.42 Å². The van der Waals surface area contributed by atoms with E-state index < -0.39 is 11.9 Å². The summed E-state index contributed by atoms with van der Waals surface area (Å²) < 4.78 is 0. The lowest BCUT2D eigenvalue weighted by Gasteiger charge is -2.25. The van der Waals surface area contributed by atoms with Gasteiger partial charge in [0.25, 0.3) is 0 Å². The number of likely N-dealkylation sites (tertiary alicyclic amines) is 1. The van der Waals surface area contributed by atoms with Crippen LogP contribution in [0.15, 0.2) is 0 Å². The molecule has 1 heterocycles. The Morgan fingerprint density at radius 2 is 2.05 bits per heavy atom. The number of hydrogen-bond acceptors (Lipinski definition) is 4. The molecule has 4 amide bonds. The van der Waals surface area contributed by atoms with Crippen molar-refractivity contribution in [1.82, 2.24) is 15.5 Å². The molecule has 8 heteroatoms. The van der Waals surface area contributed by atoms with Crippen molar-refractivity contribution >= 4 is 23.6 Å². The Labute approximate surface area is 129 Å². The smallest absolute Gasteiger partial charge is 0.242 e. The van der Waals surface area contributed by atoms with Crippen LogP contribution in [0.1, 0.15) is 32.6 Å². The predicted octanol–water partition coefficient (Wildman–Crippen LogP) is -1.26. The van der Waals surface area contributed by atoms with Crippen LogP contribution in [0.25, 0.3) is 0 Å². The van der Waals surface area contributed by atoms with Crippen LogP contribution in [0.4, 0.5) is 0 Å². The van der Waals surface area contributed by atoms with E-state index >= 15 is 0 Å². The molecule has 1 fully saturated rings. The molecule has 0 bridgehead atoms. The highest BCUT2D eigenvalue weighted by molar-refractivity contribution is 5.88. The van der Waals surface area contributed by atoms with Gasteiger partial charge in [-0.1, -0.05) is 6.92 Å². The van der Waals surface area contributed by atoms with Crippen LogP contribution in [0.2, 0.25) is 0 Å². The van der Waals surface area contributed by atoms with E-state index in [1.807, 2.05) is 6.92 Å². The SMILES string of the molecule is CC[C@@H](C(=O)NC)N1CC(CNC(=O)CCC(N)=O)CC1=O. The average molecular weight is 312 g/mol. The molecule has 8 nitrogen and oxygen atoms in total. The Hall–Kier alpha value is -2.12. The first-order valence-corrected chi connectivity index (χ1v) is 7.45. The van der Waals surface area contributed by atoms with Crippen molar-refractivity contribution in [2.75, 3.05) is 20.1 Å². The maximum atomic E-state index is 12.0. The van der Waals surface area contributed by atoms with Gasteiger partial charge in [0, 0.05) is 45.3 Å². The minimum Gasteiger partial charge on any atom is -0.370 e. The Bertz CT molecular complexity index is 452. The number of nitrogens with zero attached hydrogens (tertiary/aromatic N) is 1. The fourth-order valence-electron chi connectivity index (χ4n) is 2.54. The quantitative estimate of drug-likeness (QED) is 0.518. The molecule has 124 valence electrons. The molecule has 2 atom stereocenters. The number of nitrogens with one attached hydrogen (secondary N) is 2. The Morgan fingerprint density at radius 1 is 1.36 bits per heavy atom. The summed E-state index contributed by atoms with van der Waals surface area (Å²) in [5.41, 5.74) is 4.98. The number of nitrogens with two attached hydrogens (primary N) is 1. The van der Waals surface area contributed by atoms with Crippen molar-refractivity contribution in [3.63, 3.8) is 0 Å². The van der Waals surface area contributed by atoms with E-state index in [-0.39, 0.29) is 36.5 Å². The maximum absolute atomic E-state index is 12.0. The zero-order valence-corrected chi connectivity index (χ0v) is 13.1. The summed E-state index contributed by atoms with van der Waals surface area (Å²) in [6, 6.07) is -0.465. The lowest BCUT2D eigenvalue weighted by atomic mass is 10.1. The van der Waals surface area contributed by atoms with Crippen LogP contribution >= 0.6 is 0 Å². The number of hydrogen-bond donors (Lipinski definition) is 3. The molecule has 1 unspecified atom stereocenters. The third kappa shape index (κ3) is 5.01. The minimum atomic E-state index is -0.520. The predicted molar refractivity (Wildman–Crippen MR) is 79.4 cm³/mol. The van der Waals surface area contributed by atoms with Crippen molar-refractivity contribution < 1.29 is 19.2 Å².